The average Bonchev–Trinajstić information content (AvgIpc) is 3.30. The van der Waals surface area contributed by atoms with Crippen LogP contribution in [-0.4, -0.2) is 62.7 Å². The summed E-state index contributed by atoms with van der Waals surface area (Å²) in [6, 6.07) is 52.2. The molecule has 1 fully saturated rings. The van der Waals surface area contributed by atoms with E-state index in [2.05, 4.69) is 55.1 Å². The summed E-state index contributed by atoms with van der Waals surface area (Å²) in [4.78, 5) is 46.0. The highest BCUT2D eigenvalue weighted by Gasteiger charge is 2.56. The summed E-state index contributed by atoms with van der Waals surface area (Å²) in [6.45, 7) is 6.33. The number of azide groups is 1. The number of rotatable bonds is 14. The summed E-state index contributed by atoms with van der Waals surface area (Å²) in [6.07, 6.45) is -5.18. The molecule has 6 aromatic rings. The van der Waals surface area contributed by atoms with Crippen molar-refractivity contribution in [1.82, 2.24) is 0 Å². The minimum absolute atomic E-state index is 0.119. The number of ether oxygens (including phenoxy) is 4. The van der Waals surface area contributed by atoms with Gasteiger partial charge in [0.1, 0.15) is 11.5 Å². The lowest BCUT2D eigenvalue weighted by molar-refractivity contribution is -0.206. The first-order valence-corrected chi connectivity index (χ1v) is 22.9. The molecule has 314 valence electrons. The monoisotopic (exact) mass is 863 g/mol. The Hall–Kier alpha value is -6.47. The third kappa shape index (κ3) is 10.00. The molecule has 1 aliphatic heterocycles. The minimum Gasteiger partial charge on any atom is -0.452 e. The summed E-state index contributed by atoms with van der Waals surface area (Å²) in [7, 11) is -3.23. The molecule has 11 nitrogen and oxygen atoms in total. The second-order valence-electron chi connectivity index (χ2n) is 15.5. The van der Waals surface area contributed by atoms with Crippen LogP contribution in [-0.2, 0) is 23.4 Å². The van der Waals surface area contributed by atoms with Gasteiger partial charge < -0.3 is 23.4 Å². The molecule has 0 bridgehead atoms. The fourth-order valence-corrected chi connectivity index (χ4v) is 13.2. The normalized spacial score (nSPS) is 18.7. The van der Waals surface area contributed by atoms with Gasteiger partial charge in [-0.3, -0.25) is 0 Å². The molecule has 0 aromatic heterocycles. The number of carbonyl (C=O) groups is 3. The van der Waals surface area contributed by atoms with Crippen molar-refractivity contribution < 1.29 is 37.8 Å². The summed E-state index contributed by atoms with van der Waals surface area (Å²) in [5.74, 6) is -2.14. The first-order valence-electron chi connectivity index (χ1n) is 20.1. The molecular formula is C49H45N3O8SSi. The van der Waals surface area contributed by atoms with Gasteiger partial charge in [0.15, 0.2) is 18.3 Å². The van der Waals surface area contributed by atoms with E-state index in [0.29, 0.717) is 10.6 Å². The standard InChI is InChI=1S/C49H45N3O8SSi/c1-49(2,3)62(39-25-15-7-16-26-39,40-27-17-8-18-28-40)56-33-41-42(58-45(53)34-19-9-4-10-20-34)43(59-46(54)35-21-11-5-12-22-35)44(60-47(55)36-23-13-6-14-24-36)48(57-41)61-38-31-29-37(30-32-38)51-52-50/h4-32,41-44,48H,33H2,1-3H3/t41-,42+,43+,44-,48+/m1/s1. The molecule has 1 heterocycles. The van der Waals surface area contributed by atoms with Gasteiger partial charge in [-0.1, -0.05) is 165 Å². The summed E-state index contributed by atoms with van der Waals surface area (Å²) >= 11 is 1.21. The molecule has 62 heavy (non-hydrogen) atoms. The van der Waals surface area contributed by atoms with Gasteiger partial charge in [0, 0.05) is 15.5 Å². The van der Waals surface area contributed by atoms with E-state index in [-0.39, 0.29) is 23.3 Å². The molecule has 7 rings (SSSR count). The molecule has 1 aliphatic rings. The lowest BCUT2D eigenvalue weighted by Crippen LogP contribution is -2.68. The largest absolute Gasteiger partial charge is 0.452 e. The van der Waals surface area contributed by atoms with Crippen LogP contribution in [0.25, 0.3) is 10.4 Å². The molecule has 1 saturated heterocycles. The predicted molar refractivity (Wildman–Crippen MR) is 240 cm³/mol. The van der Waals surface area contributed by atoms with E-state index < -0.39 is 61.1 Å². The third-order valence-corrected chi connectivity index (χ3v) is 16.6. The maximum Gasteiger partial charge on any atom is 0.338 e. The molecule has 0 radical (unpaired) electrons. The molecule has 0 aliphatic carbocycles. The fourth-order valence-electron chi connectivity index (χ4n) is 7.55. The van der Waals surface area contributed by atoms with Crippen molar-refractivity contribution in [3.05, 3.63) is 203 Å². The maximum atomic E-state index is 14.2. The van der Waals surface area contributed by atoms with Crippen molar-refractivity contribution in [3.63, 3.8) is 0 Å². The van der Waals surface area contributed by atoms with E-state index in [1.54, 1.807) is 115 Å². The van der Waals surface area contributed by atoms with Crippen LogP contribution in [0.4, 0.5) is 5.69 Å². The average molecular weight is 864 g/mol. The Morgan fingerprint density at radius 1 is 0.597 bits per heavy atom. The third-order valence-electron chi connectivity index (χ3n) is 10.5. The van der Waals surface area contributed by atoms with Crippen LogP contribution in [0.2, 0.25) is 5.04 Å². The van der Waals surface area contributed by atoms with E-state index in [0.717, 1.165) is 10.4 Å². The van der Waals surface area contributed by atoms with E-state index in [1.165, 1.54) is 11.8 Å². The number of benzene rings is 6. The molecule has 5 atom stereocenters. The van der Waals surface area contributed by atoms with Gasteiger partial charge in [-0.2, -0.15) is 0 Å². The van der Waals surface area contributed by atoms with E-state index in [1.807, 2.05) is 36.4 Å². The second-order valence-corrected chi connectivity index (χ2v) is 21.0. The highest BCUT2D eigenvalue weighted by atomic mass is 32.2. The van der Waals surface area contributed by atoms with E-state index in [9.17, 15) is 14.4 Å². The highest BCUT2D eigenvalue weighted by Crippen LogP contribution is 2.41. The topological polar surface area (TPSA) is 146 Å². The van der Waals surface area contributed by atoms with Crippen LogP contribution in [0, 0.1) is 0 Å². The van der Waals surface area contributed by atoms with Gasteiger partial charge >= 0.3 is 17.9 Å². The van der Waals surface area contributed by atoms with Crippen molar-refractivity contribution >= 4 is 54.0 Å². The zero-order valence-electron chi connectivity index (χ0n) is 34.4. The Morgan fingerprint density at radius 2 is 1.00 bits per heavy atom. The molecule has 0 unspecified atom stereocenters. The van der Waals surface area contributed by atoms with Crippen LogP contribution in [0.15, 0.2) is 186 Å². The van der Waals surface area contributed by atoms with Crippen LogP contribution in [0.5, 0.6) is 0 Å². The molecule has 6 aromatic carbocycles. The van der Waals surface area contributed by atoms with Crippen molar-refractivity contribution in [2.75, 3.05) is 6.61 Å². The van der Waals surface area contributed by atoms with Gasteiger partial charge in [-0.05, 0) is 69.5 Å². The van der Waals surface area contributed by atoms with Crippen LogP contribution < -0.4 is 10.4 Å². The maximum absolute atomic E-state index is 14.2. The minimum atomic E-state index is -3.23. The lowest BCUT2D eigenvalue weighted by atomic mass is 9.98. The van der Waals surface area contributed by atoms with Crippen molar-refractivity contribution in [1.29, 1.82) is 0 Å². The number of esters is 3. The molecular weight excluding hydrogens is 819 g/mol. The van der Waals surface area contributed by atoms with Crippen molar-refractivity contribution in [2.45, 2.75) is 60.6 Å². The molecule has 13 heteroatoms. The van der Waals surface area contributed by atoms with Gasteiger partial charge in [0.2, 0.25) is 0 Å². The van der Waals surface area contributed by atoms with Gasteiger partial charge in [-0.15, -0.1) is 0 Å². The first-order chi connectivity index (χ1) is 30.1. The smallest absolute Gasteiger partial charge is 0.338 e. The van der Waals surface area contributed by atoms with Crippen LogP contribution >= 0.6 is 11.8 Å². The number of hydrogen-bond acceptors (Lipinski definition) is 10. The number of nitrogens with zero attached hydrogens (tertiary/aromatic N) is 3. The van der Waals surface area contributed by atoms with Crippen molar-refractivity contribution in [2.24, 2.45) is 5.11 Å². The molecule has 0 saturated carbocycles. The highest BCUT2D eigenvalue weighted by molar-refractivity contribution is 7.99. The summed E-state index contributed by atoms with van der Waals surface area (Å²) in [5.41, 5.74) is 9.11. The first kappa shape index (κ1) is 43.6. The summed E-state index contributed by atoms with van der Waals surface area (Å²) in [5, 5.41) is 5.29. The Labute approximate surface area is 365 Å². The molecule has 0 spiro atoms. The predicted octanol–water partition coefficient (Wildman–Crippen LogP) is 9.70. The molecule has 0 N–H and O–H groups in total. The summed E-state index contributed by atoms with van der Waals surface area (Å²) < 4.78 is 33.5. The number of carbonyl (C=O) groups excluding carboxylic acids is 3. The van der Waals surface area contributed by atoms with Crippen LogP contribution in [0.1, 0.15) is 51.8 Å². The Kier molecular flexibility index (Phi) is 14.0. The Bertz CT molecular complexity index is 2430. The van der Waals surface area contributed by atoms with Gasteiger partial charge in [0.05, 0.1) is 23.3 Å². The van der Waals surface area contributed by atoms with E-state index in [4.69, 9.17) is 28.9 Å². The van der Waals surface area contributed by atoms with E-state index >= 15 is 0 Å². The number of thioether (sulfide) groups is 1. The number of hydrogen-bond donors (Lipinski definition) is 0. The fraction of sp³-hybridized carbons (Fsp3) is 0.204. The SMILES string of the molecule is CC(C)(C)[Si](OC[C@H]1O[C@@H](Sc2ccc(N=[N+]=[N-])cc2)[C@H](OC(=O)c2ccccc2)[C@@H](OC(=O)c2ccccc2)[C@H]1OC(=O)c1ccccc1)(c1ccccc1)c1ccccc1. The Morgan fingerprint density at radius 3 is 1.42 bits per heavy atom. The molecule has 0 amide bonds. The Balaban J connectivity index is 1.38. The zero-order valence-corrected chi connectivity index (χ0v) is 36.2. The van der Waals surface area contributed by atoms with Gasteiger partial charge in [-0.25, -0.2) is 14.4 Å². The second kappa shape index (κ2) is 19.9. The van der Waals surface area contributed by atoms with Crippen LogP contribution in [0.3, 0.4) is 0 Å². The quantitative estimate of drug-likeness (QED) is 0.0261. The van der Waals surface area contributed by atoms with Crippen molar-refractivity contribution in [3.8, 4) is 0 Å². The zero-order chi connectivity index (χ0) is 43.5. The lowest BCUT2D eigenvalue weighted by Gasteiger charge is -2.47. The van der Waals surface area contributed by atoms with Gasteiger partial charge in [0.25, 0.3) is 8.32 Å².